The van der Waals surface area contributed by atoms with Crippen LogP contribution in [-0.4, -0.2) is 75.0 Å². The zero-order valence-corrected chi connectivity index (χ0v) is 22.1. The van der Waals surface area contributed by atoms with Gasteiger partial charge >= 0.3 is 5.97 Å². The van der Waals surface area contributed by atoms with Gasteiger partial charge in [0.15, 0.2) is 0 Å². The number of likely N-dealkylation sites (tertiary alicyclic amines) is 1. The van der Waals surface area contributed by atoms with Gasteiger partial charge in [0, 0.05) is 18.3 Å². The van der Waals surface area contributed by atoms with Gasteiger partial charge in [-0.05, 0) is 31.7 Å². The number of amides is 2. The first-order chi connectivity index (χ1) is 17.4. The van der Waals surface area contributed by atoms with E-state index in [4.69, 9.17) is 4.74 Å². The third kappa shape index (κ3) is 4.47. The highest BCUT2D eigenvalue weighted by atomic mass is 32.2. The molecule has 8 heteroatoms. The van der Waals surface area contributed by atoms with Gasteiger partial charge in [-0.1, -0.05) is 56.2 Å². The molecule has 7 nitrogen and oxygen atoms in total. The Labute approximate surface area is 218 Å². The average Bonchev–Trinajstić information content (AvgIpc) is 3.52. The first kappa shape index (κ1) is 26.7. The third-order valence-corrected chi connectivity index (χ3v) is 9.87. The molecule has 3 aliphatic heterocycles. The number of carbonyl (C=O) groups excluding carboxylic acids is 3. The number of esters is 1. The van der Waals surface area contributed by atoms with Crippen LogP contribution in [0.25, 0.3) is 0 Å². The lowest BCUT2D eigenvalue weighted by atomic mass is 9.71. The van der Waals surface area contributed by atoms with Crippen LogP contribution in [0.2, 0.25) is 0 Å². The lowest BCUT2D eigenvalue weighted by Gasteiger charge is -2.39. The zero-order valence-electron chi connectivity index (χ0n) is 21.3. The van der Waals surface area contributed by atoms with Gasteiger partial charge in [0.1, 0.15) is 6.04 Å². The Balaban J connectivity index is 1.78. The van der Waals surface area contributed by atoms with E-state index in [1.807, 2.05) is 30.3 Å². The summed E-state index contributed by atoms with van der Waals surface area (Å²) in [7, 11) is 0. The molecule has 4 rings (SSSR count). The molecule has 6 atom stereocenters. The van der Waals surface area contributed by atoms with E-state index in [1.165, 1.54) is 0 Å². The van der Waals surface area contributed by atoms with Crippen molar-refractivity contribution in [3.63, 3.8) is 0 Å². The van der Waals surface area contributed by atoms with Crippen molar-refractivity contribution in [3.05, 3.63) is 48.6 Å². The molecule has 2 amide bonds. The van der Waals surface area contributed by atoms with Gasteiger partial charge in [-0.2, -0.15) is 0 Å². The maximum absolute atomic E-state index is 14.3. The number of aliphatic hydroxyl groups is 1. The fourth-order valence-corrected chi connectivity index (χ4v) is 8.60. The summed E-state index contributed by atoms with van der Waals surface area (Å²) < 4.78 is 4.70. The molecule has 2 bridgehead atoms. The van der Waals surface area contributed by atoms with Crippen molar-refractivity contribution < 1.29 is 24.2 Å². The fourth-order valence-electron chi connectivity index (χ4n) is 6.41. The van der Waals surface area contributed by atoms with E-state index in [9.17, 15) is 19.5 Å². The maximum atomic E-state index is 14.3. The fraction of sp³-hybridized carbons (Fsp3) is 0.607. The minimum atomic E-state index is -0.761. The Bertz CT molecular complexity index is 972. The zero-order chi connectivity index (χ0) is 25.9. The summed E-state index contributed by atoms with van der Waals surface area (Å²) in [6.07, 6.45) is 6.09. The second-order valence-corrected chi connectivity index (χ2v) is 11.5. The highest BCUT2D eigenvalue weighted by molar-refractivity contribution is 8.02. The molecule has 0 aromatic heterocycles. The van der Waals surface area contributed by atoms with Crippen molar-refractivity contribution in [1.82, 2.24) is 9.80 Å². The summed E-state index contributed by atoms with van der Waals surface area (Å²) in [5.41, 5.74) is 0.774. The van der Waals surface area contributed by atoms with E-state index in [0.29, 0.717) is 19.5 Å². The summed E-state index contributed by atoms with van der Waals surface area (Å²) in [4.78, 5) is 45.0. The summed E-state index contributed by atoms with van der Waals surface area (Å²) >= 11 is 1.62. The molecule has 3 heterocycles. The number of nitrogens with zero attached hydrogens (tertiary/aromatic N) is 2. The first-order valence-electron chi connectivity index (χ1n) is 13.2. The Morgan fingerprint density at radius 2 is 2.06 bits per heavy atom. The van der Waals surface area contributed by atoms with E-state index in [0.717, 1.165) is 31.2 Å². The minimum absolute atomic E-state index is 0.0345. The molecular formula is C28H38N2O5S. The molecule has 0 aliphatic carbocycles. The number of rotatable bonds is 12. The lowest BCUT2D eigenvalue weighted by molar-refractivity contribution is -0.154. The minimum Gasteiger partial charge on any atom is -0.466 e. The van der Waals surface area contributed by atoms with Crippen LogP contribution in [0.15, 0.2) is 43.0 Å². The number of fused-ring (bicyclic) bond motifs is 1. The van der Waals surface area contributed by atoms with Crippen molar-refractivity contribution in [2.24, 2.45) is 11.8 Å². The molecule has 3 fully saturated rings. The van der Waals surface area contributed by atoms with Crippen molar-refractivity contribution in [3.8, 4) is 0 Å². The molecule has 1 N–H and O–H groups in total. The quantitative estimate of drug-likeness (QED) is 0.261. The van der Waals surface area contributed by atoms with Gasteiger partial charge in [0.25, 0.3) is 0 Å². The topological polar surface area (TPSA) is 87.2 Å². The number of aliphatic hydroxyl groups excluding tert-OH is 1. The number of ether oxygens (including phenoxy) is 1. The predicted octanol–water partition coefficient (Wildman–Crippen LogP) is 3.58. The average molecular weight is 515 g/mol. The Morgan fingerprint density at radius 3 is 2.69 bits per heavy atom. The van der Waals surface area contributed by atoms with Crippen LogP contribution >= 0.6 is 11.8 Å². The molecule has 1 aromatic carbocycles. The molecule has 3 saturated heterocycles. The van der Waals surface area contributed by atoms with Crippen LogP contribution in [0.1, 0.15) is 57.6 Å². The Morgan fingerprint density at radius 1 is 1.31 bits per heavy atom. The molecule has 36 heavy (non-hydrogen) atoms. The number of thioether (sulfide) groups is 1. The number of hydrogen-bond acceptors (Lipinski definition) is 6. The third-order valence-electron chi connectivity index (χ3n) is 7.92. The number of hydrogen-bond donors (Lipinski definition) is 1. The second kappa shape index (κ2) is 11.4. The second-order valence-electron chi connectivity index (χ2n) is 9.94. The summed E-state index contributed by atoms with van der Waals surface area (Å²) in [5.74, 6) is -1.90. The van der Waals surface area contributed by atoms with Crippen molar-refractivity contribution in [2.45, 2.75) is 68.0 Å². The maximum Gasteiger partial charge on any atom is 0.310 e. The van der Waals surface area contributed by atoms with Gasteiger partial charge in [-0.3, -0.25) is 14.4 Å². The Hall–Kier alpha value is -2.32. The van der Waals surface area contributed by atoms with E-state index < -0.39 is 28.7 Å². The van der Waals surface area contributed by atoms with E-state index >= 15 is 0 Å². The predicted molar refractivity (Wildman–Crippen MR) is 140 cm³/mol. The van der Waals surface area contributed by atoms with Gasteiger partial charge in [0.05, 0.1) is 35.8 Å². The molecular weight excluding hydrogens is 476 g/mol. The molecule has 0 saturated carbocycles. The number of carbonyl (C=O) groups is 3. The first-order valence-corrected chi connectivity index (χ1v) is 14.0. The standard InChI is InChI=1S/C28H38N2O5S/c1-4-7-11-17-29(16-5-2)26(33)24-28-15-14-21(36-28)22(27(34)35-6-3)23(28)25(32)30(24)20(18-31)19-12-9-8-10-13-19/h5,8-10,12-13,20-24,31H,2,4,6-7,11,14-18H2,1,3H3/t20-,21-,22+,23+,24?,28?/m1/s1. The highest BCUT2D eigenvalue weighted by Gasteiger charge is 2.74. The molecule has 1 aromatic rings. The number of benzene rings is 1. The monoisotopic (exact) mass is 514 g/mol. The molecule has 3 aliphatic rings. The molecule has 2 unspecified atom stereocenters. The van der Waals surface area contributed by atoms with Crippen LogP contribution in [0, 0.1) is 11.8 Å². The van der Waals surface area contributed by atoms with E-state index in [-0.39, 0.29) is 36.2 Å². The summed E-state index contributed by atoms with van der Waals surface area (Å²) in [6, 6.07) is 7.93. The van der Waals surface area contributed by atoms with E-state index in [1.54, 1.807) is 34.6 Å². The van der Waals surface area contributed by atoms with Crippen molar-refractivity contribution in [2.75, 3.05) is 26.3 Å². The van der Waals surface area contributed by atoms with Crippen LogP contribution in [0.4, 0.5) is 0 Å². The normalized spacial score (nSPS) is 29.2. The van der Waals surface area contributed by atoms with Crippen LogP contribution in [-0.2, 0) is 19.1 Å². The van der Waals surface area contributed by atoms with Crippen molar-refractivity contribution in [1.29, 1.82) is 0 Å². The van der Waals surface area contributed by atoms with Crippen LogP contribution in [0.5, 0.6) is 0 Å². The van der Waals surface area contributed by atoms with Gasteiger partial charge in [0.2, 0.25) is 11.8 Å². The number of unbranched alkanes of at least 4 members (excludes halogenated alkanes) is 2. The smallest absolute Gasteiger partial charge is 0.310 e. The largest absolute Gasteiger partial charge is 0.466 e. The van der Waals surface area contributed by atoms with Gasteiger partial charge in [-0.25, -0.2) is 0 Å². The Kier molecular flexibility index (Phi) is 8.45. The van der Waals surface area contributed by atoms with Gasteiger partial charge in [-0.15, -0.1) is 18.3 Å². The molecule has 196 valence electrons. The lowest BCUT2D eigenvalue weighted by Crippen LogP contribution is -2.55. The molecule has 1 spiro atoms. The van der Waals surface area contributed by atoms with E-state index in [2.05, 4.69) is 13.5 Å². The SMILES string of the molecule is C=CCN(CCCCC)C(=O)C1N([C@H](CO)c2ccccc2)C(=O)[C@@H]2[C@@H](C(=O)OCC)[C@H]3CCC12S3. The van der Waals surface area contributed by atoms with Crippen LogP contribution < -0.4 is 0 Å². The summed E-state index contributed by atoms with van der Waals surface area (Å²) in [6.45, 7) is 8.67. The van der Waals surface area contributed by atoms with Crippen LogP contribution in [0.3, 0.4) is 0 Å². The highest BCUT2D eigenvalue weighted by Crippen LogP contribution is 2.67. The summed E-state index contributed by atoms with van der Waals surface area (Å²) in [5, 5.41) is 10.5. The molecule has 0 radical (unpaired) electrons. The van der Waals surface area contributed by atoms with Gasteiger partial charge < -0.3 is 19.6 Å². The van der Waals surface area contributed by atoms with Crippen molar-refractivity contribution >= 4 is 29.5 Å².